The van der Waals surface area contributed by atoms with Crippen LogP contribution in [0.3, 0.4) is 0 Å². The number of phenolic OH excluding ortho intramolecular Hbond substituents is 1. The largest absolute Gasteiger partial charge is 0.507 e. The number of esters is 2. The molecule has 0 spiro atoms. The standard InChI is InChI=1S/C28H52N2O4.C21H34O3/c1-25(2)17-21(18-26(3,4)29-25)33-23(31)15-13-11-9-10-12-14-16-24(32)34-22-19-27(5,6)30-28(7,8)20-22;1-8-9-14-12-23-19(24-13-14)15-10-16(20(2,3)4)18(22)17(11-15)21(5,6)7/h21-22,29-30H,9-20H2,1-8H3;10-11,14,19,22H,8-9,12-13H2,1-7H3. The number of hydrogen-bond donors (Lipinski definition) is 3. The van der Waals surface area contributed by atoms with E-state index in [0.717, 1.165) is 107 Å². The average Bonchev–Trinajstić information content (AvgIpc) is 3.03. The zero-order valence-corrected chi connectivity index (χ0v) is 39.7. The molecule has 0 radical (unpaired) electrons. The van der Waals surface area contributed by atoms with Gasteiger partial charge in [0.15, 0.2) is 6.29 Å². The Morgan fingerprint density at radius 3 is 1.33 bits per heavy atom. The molecule has 0 unspecified atom stereocenters. The second-order valence-electron chi connectivity index (χ2n) is 22.6. The van der Waals surface area contributed by atoms with E-state index in [1.165, 1.54) is 0 Å². The van der Waals surface area contributed by atoms with Gasteiger partial charge in [0.2, 0.25) is 0 Å². The molecule has 0 saturated carbocycles. The van der Waals surface area contributed by atoms with Crippen LogP contribution in [-0.2, 0) is 39.4 Å². The van der Waals surface area contributed by atoms with Gasteiger partial charge in [-0.2, -0.15) is 0 Å². The van der Waals surface area contributed by atoms with Gasteiger partial charge in [-0.15, -0.1) is 0 Å². The number of nitrogens with one attached hydrogen (secondary N) is 2. The SMILES string of the molecule is CC1(C)CC(OC(=O)CCCCCCCCC(=O)OC2CC(C)(C)NC(C)(C)C2)CC(C)(C)N1.CCCC1COC(c2cc(C(C)(C)C)c(O)c(C(C)(C)C)c2)OC1. The van der Waals surface area contributed by atoms with Gasteiger partial charge in [-0.3, -0.25) is 9.59 Å². The topological polar surface area (TPSA) is 115 Å². The quantitative estimate of drug-likeness (QED) is 0.125. The molecule has 0 aliphatic carbocycles. The van der Waals surface area contributed by atoms with Gasteiger partial charge in [0.25, 0.3) is 0 Å². The molecule has 3 saturated heterocycles. The second kappa shape index (κ2) is 20.6. The fraction of sp³-hybridized carbons (Fsp3) is 0.837. The van der Waals surface area contributed by atoms with Gasteiger partial charge in [0.05, 0.1) is 13.2 Å². The molecular formula is C49H86N2O7. The molecular weight excluding hydrogens is 729 g/mol. The second-order valence-corrected chi connectivity index (χ2v) is 22.6. The first-order valence-electron chi connectivity index (χ1n) is 22.7. The van der Waals surface area contributed by atoms with Crippen LogP contribution in [0.2, 0.25) is 0 Å². The Hall–Kier alpha value is -2.20. The van der Waals surface area contributed by atoms with Crippen LogP contribution in [0.15, 0.2) is 12.1 Å². The van der Waals surface area contributed by atoms with Crippen LogP contribution < -0.4 is 10.6 Å². The molecule has 3 aliphatic heterocycles. The number of unbranched alkanes of at least 4 members (excludes halogenated alkanes) is 5. The summed E-state index contributed by atoms with van der Waals surface area (Å²) in [7, 11) is 0. The summed E-state index contributed by atoms with van der Waals surface area (Å²) in [5.74, 6) is 0.766. The first kappa shape index (κ1) is 50.2. The van der Waals surface area contributed by atoms with E-state index in [2.05, 4.69) is 127 Å². The van der Waals surface area contributed by atoms with Crippen LogP contribution in [0.25, 0.3) is 0 Å². The van der Waals surface area contributed by atoms with Crippen molar-refractivity contribution >= 4 is 11.9 Å². The predicted octanol–water partition coefficient (Wildman–Crippen LogP) is 11.3. The third-order valence-electron chi connectivity index (χ3n) is 11.6. The Labute approximate surface area is 354 Å². The number of aromatic hydroxyl groups is 1. The fourth-order valence-electron chi connectivity index (χ4n) is 9.61. The number of benzene rings is 1. The minimum atomic E-state index is -0.332. The minimum absolute atomic E-state index is 0.000484. The highest BCUT2D eigenvalue weighted by Gasteiger charge is 2.40. The third kappa shape index (κ3) is 17.0. The number of carbonyl (C=O) groups is 2. The number of ether oxygens (including phenoxy) is 4. The molecule has 3 aliphatic rings. The average molecular weight is 815 g/mol. The van der Waals surface area contributed by atoms with Crippen molar-refractivity contribution in [2.75, 3.05) is 13.2 Å². The molecule has 9 nitrogen and oxygen atoms in total. The number of hydrogen-bond acceptors (Lipinski definition) is 9. The Morgan fingerprint density at radius 2 is 1.00 bits per heavy atom. The highest BCUT2D eigenvalue weighted by molar-refractivity contribution is 5.70. The zero-order valence-electron chi connectivity index (χ0n) is 39.7. The van der Waals surface area contributed by atoms with E-state index in [1.807, 2.05) is 0 Å². The predicted molar refractivity (Wildman–Crippen MR) is 236 cm³/mol. The summed E-state index contributed by atoms with van der Waals surface area (Å²) in [5.41, 5.74) is 2.58. The molecule has 3 fully saturated rings. The van der Waals surface area contributed by atoms with E-state index < -0.39 is 0 Å². The summed E-state index contributed by atoms with van der Waals surface area (Å²) >= 11 is 0. The van der Waals surface area contributed by atoms with Crippen molar-refractivity contribution in [3.05, 3.63) is 28.8 Å². The minimum Gasteiger partial charge on any atom is -0.507 e. The maximum atomic E-state index is 12.3. The van der Waals surface area contributed by atoms with Crippen molar-refractivity contribution in [2.45, 2.75) is 245 Å². The van der Waals surface area contributed by atoms with E-state index in [-0.39, 0.29) is 63.4 Å². The van der Waals surface area contributed by atoms with Gasteiger partial charge in [-0.05, 0) is 109 Å². The van der Waals surface area contributed by atoms with E-state index in [0.29, 0.717) is 24.5 Å². The maximum absolute atomic E-state index is 12.3. The maximum Gasteiger partial charge on any atom is 0.306 e. The number of rotatable bonds is 14. The summed E-state index contributed by atoms with van der Waals surface area (Å²) in [5, 5.41) is 18.1. The van der Waals surface area contributed by atoms with Crippen LogP contribution in [0, 0.1) is 5.92 Å². The van der Waals surface area contributed by atoms with Gasteiger partial charge in [0.1, 0.15) is 18.0 Å². The van der Waals surface area contributed by atoms with Crippen molar-refractivity contribution in [3.8, 4) is 5.75 Å². The lowest BCUT2D eigenvalue weighted by molar-refractivity contribution is -0.206. The van der Waals surface area contributed by atoms with Crippen molar-refractivity contribution in [1.29, 1.82) is 0 Å². The van der Waals surface area contributed by atoms with Gasteiger partial charge in [0, 0.05) is 72.2 Å². The first-order valence-corrected chi connectivity index (χ1v) is 22.7. The fourth-order valence-corrected chi connectivity index (χ4v) is 9.61. The van der Waals surface area contributed by atoms with Crippen LogP contribution in [0.5, 0.6) is 5.75 Å². The molecule has 1 aromatic carbocycles. The number of piperidine rings is 2. The van der Waals surface area contributed by atoms with Crippen molar-refractivity contribution in [1.82, 2.24) is 10.6 Å². The van der Waals surface area contributed by atoms with Crippen molar-refractivity contribution in [2.24, 2.45) is 5.92 Å². The van der Waals surface area contributed by atoms with Crippen molar-refractivity contribution < 1.29 is 33.6 Å². The summed E-state index contributed by atoms with van der Waals surface area (Å²) in [6, 6.07) is 4.10. The van der Waals surface area contributed by atoms with Gasteiger partial charge >= 0.3 is 11.9 Å². The van der Waals surface area contributed by atoms with Gasteiger partial charge < -0.3 is 34.7 Å². The molecule has 3 N–H and O–H groups in total. The summed E-state index contributed by atoms with van der Waals surface area (Å²) in [6.45, 7) is 33.8. The summed E-state index contributed by atoms with van der Waals surface area (Å²) < 4.78 is 23.6. The normalized spacial score (nSPS) is 23.4. The van der Waals surface area contributed by atoms with Crippen LogP contribution in [0.4, 0.5) is 0 Å². The van der Waals surface area contributed by atoms with E-state index in [9.17, 15) is 14.7 Å². The van der Waals surface area contributed by atoms with Gasteiger partial charge in [-0.1, -0.05) is 80.6 Å². The molecule has 9 heteroatoms. The smallest absolute Gasteiger partial charge is 0.306 e. The van der Waals surface area contributed by atoms with Gasteiger partial charge in [-0.25, -0.2) is 0 Å². The Kier molecular flexibility index (Phi) is 17.8. The Morgan fingerprint density at radius 1 is 0.655 bits per heavy atom. The van der Waals surface area contributed by atoms with Crippen LogP contribution >= 0.6 is 0 Å². The number of carbonyl (C=O) groups excluding carboxylic acids is 2. The molecule has 0 amide bonds. The summed E-state index contributed by atoms with van der Waals surface area (Å²) in [6.07, 6.45) is 12.4. The molecule has 1 aromatic rings. The lowest BCUT2D eigenvalue weighted by atomic mass is 9.78. The van der Waals surface area contributed by atoms with Crippen molar-refractivity contribution in [3.63, 3.8) is 0 Å². The molecule has 3 heterocycles. The van der Waals surface area contributed by atoms with Crippen LogP contribution in [0.1, 0.15) is 217 Å². The van der Waals surface area contributed by atoms with E-state index >= 15 is 0 Å². The zero-order chi connectivity index (χ0) is 43.7. The lowest BCUT2D eigenvalue weighted by Crippen LogP contribution is -2.59. The Balaban J connectivity index is 0.000000329. The Bertz CT molecular complexity index is 1330. The van der Waals surface area contributed by atoms with E-state index in [1.54, 1.807) is 0 Å². The number of phenols is 1. The first-order chi connectivity index (χ1) is 26.6. The molecule has 4 rings (SSSR count). The van der Waals surface area contributed by atoms with E-state index in [4.69, 9.17) is 18.9 Å². The van der Waals surface area contributed by atoms with Crippen LogP contribution in [-0.4, -0.2) is 64.6 Å². The summed E-state index contributed by atoms with van der Waals surface area (Å²) in [4.78, 5) is 24.6. The lowest BCUT2D eigenvalue weighted by Gasteiger charge is -2.46. The third-order valence-corrected chi connectivity index (χ3v) is 11.6. The molecule has 0 aromatic heterocycles. The molecule has 0 atom stereocenters. The highest BCUT2D eigenvalue weighted by Crippen LogP contribution is 2.42. The molecule has 58 heavy (non-hydrogen) atoms. The highest BCUT2D eigenvalue weighted by atomic mass is 16.7. The molecule has 0 bridgehead atoms. The monoisotopic (exact) mass is 815 g/mol. The molecule has 334 valence electrons.